The SMILES string of the molecule is CC(N)CCS(=O)(=O)CC1CCCO1. The molecule has 2 N–H and O–H groups in total. The fourth-order valence-corrected chi connectivity index (χ4v) is 3.23. The van der Waals surface area contributed by atoms with Crippen molar-refractivity contribution >= 4 is 9.84 Å². The highest BCUT2D eigenvalue weighted by Crippen LogP contribution is 2.14. The Morgan fingerprint density at radius 1 is 1.57 bits per heavy atom. The van der Waals surface area contributed by atoms with Gasteiger partial charge in [-0.2, -0.15) is 0 Å². The molecule has 0 aromatic rings. The van der Waals surface area contributed by atoms with Crippen LogP contribution >= 0.6 is 0 Å². The summed E-state index contributed by atoms with van der Waals surface area (Å²) in [6.45, 7) is 2.52. The predicted molar refractivity (Wildman–Crippen MR) is 55.9 cm³/mol. The van der Waals surface area contributed by atoms with Crippen LogP contribution in [-0.2, 0) is 14.6 Å². The van der Waals surface area contributed by atoms with Crippen molar-refractivity contribution in [3.63, 3.8) is 0 Å². The van der Waals surface area contributed by atoms with E-state index >= 15 is 0 Å². The predicted octanol–water partition coefficient (Wildman–Crippen LogP) is 0.317. The molecule has 1 fully saturated rings. The van der Waals surface area contributed by atoms with Crippen LogP contribution in [0.5, 0.6) is 0 Å². The summed E-state index contributed by atoms with van der Waals surface area (Å²) in [4.78, 5) is 0. The second-order valence-corrected chi connectivity index (χ2v) is 6.24. The average Bonchev–Trinajstić information content (AvgIpc) is 2.53. The van der Waals surface area contributed by atoms with Crippen LogP contribution in [0.15, 0.2) is 0 Å². The van der Waals surface area contributed by atoms with Crippen LogP contribution in [0.4, 0.5) is 0 Å². The van der Waals surface area contributed by atoms with Crippen LogP contribution < -0.4 is 5.73 Å². The molecule has 2 unspecified atom stereocenters. The number of sulfone groups is 1. The van der Waals surface area contributed by atoms with Crippen molar-refractivity contribution in [2.75, 3.05) is 18.1 Å². The van der Waals surface area contributed by atoms with Crippen LogP contribution in [0.3, 0.4) is 0 Å². The van der Waals surface area contributed by atoms with E-state index in [9.17, 15) is 8.42 Å². The van der Waals surface area contributed by atoms with Crippen LogP contribution in [-0.4, -0.2) is 38.7 Å². The van der Waals surface area contributed by atoms with E-state index in [0.717, 1.165) is 12.8 Å². The number of rotatable bonds is 5. The average molecular weight is 221 g/mol. The number of hydrogen-bond acceptors (Lipinski definition) is 4. The summed E-state index contributed by atoms with van der Waals surface area (Å²) in [6.07, 6.45) is 2.31. The summed E-state index contributed by atoms with van der Waals surface area (Å²) < 4.78 is 28.4. The molecular weight excluding hydrogens is 202 g/mol. The first kappa shape index (κ1) is 11.9. The molecular formula is C9H19NO3S. The molecule has 84 valence electrons. The van der Waals surface area contributed by atoms with Gasteiger partial charge >= 0.3 is 0 Å². The zero-order valence-corrected chi connectivity index (χ0v) is 9.42. The first-order valence-corrected chi connectivity index (χ1v) is 6.89. The van der Waals surface area contributed by atoms with Crippen molar-refractivity contribution < 1.29 is 13.2 Å². The molecule has 1 aliphatic rings. The molecule has 0 radical (unpaired) electrons. The maximum absolute atomic E-state index is 11.6. The smallest absolute Gasteiger partial charge is 0.152 e. The molecule has 0 spiro atoms. The third kappa shape index (κ3) is 4.39. The summed E-state index contributed by atoms with van der Waals surface area (Å²) in [5.41, 5.74) is 5.51. The van der Waals surface area contributed by atoms with E-state index < -0.39 is 9.84 Å². The summed E-state index contributed by atoms with van der Waals surface area (Å²) in [6, 6.07) is -0.0470. The van der Waals surface area contributed by atoms with E-state index in [1.54, 1.807) is 0 Å². The Kier molecular flexibility index (Phi) is 4.34. The zero-order valence-electron chi connectivity index (χ0n) is 8.61. The molecule has 1 aliphatic heterocycles. The maximum atomic E-state index is 11.6. The summed E-state index contributed by atoms with van der Waals surface area (Å²) >= 11 is 0. The van der Waals surface area contributed by atoms with Gasteiger partial charge in [-0.15, -0.1) is 0 Å². The van der Waals surface area contributed by atoms with Gasteiger partial charge in [0, 0.05) is 12.6 Å². The van der Waals surface area contributed by atoms with Gasteiger partial charge < -0.3 is 10.5 Å². The Labute approximate surface area is 85.7 Å². The molecule has 0 aliphatic carbocycles. The fraction of sp³-hybridized carbons (Fsp3) is 1.00. The molecule has 5 heteroatoms. The minimum absolute atomic E-state index is 0.0470. The van der Waals surface area contributed by atoms with Crippen LogP contribution in [0.25, 0.3) is 0 Å². The van der Waals surface area contributed by atoms with Crippen molar-refractivity contribution in [2.45, 2.75) is 38.3 Å². The standard InChI is InChI=1S/C9H19NO3S/c1-8(10)4-6-14(11,12)7-9-3-2-5-13-9/h8-9H,2-7,10H2,1H3. The monoisotopic (exact) mass is 221 g/mol. The van der Waals surface area contributed by atoms with Crippen molar-refractivity contribution in [1.82, 2.24) is 0 Å². The van der Waals surface area contributed by atoms with Gasteiger partial charge in [-0.25, -0.2) is 8.42 Å². The van der Waals surface area contributed by atoms with Crippen LogP contribution in [0.2, 0.25) is 0 Å². The molecule has 0 amide bonds. The van der Waals surface area contributed by atoms with E-state index in [4.69, 9.17) is 10.5 Å². The largest absolute Gasteiger partial charge is 0.377 e. The Hall–Kier alpha value is -0.130. The highest BCUT2D eigenvalue weighted by Gasteiger charge is 2.23. The third-order valence-electron chi connectivity index (χ3n) is 2.35. The molecule has 14 heavy (non-hydrogen) atoms. The molecule has 2 atom stereocenters. The molecule has 4 nitrogen and oxygen atoms in total. The Balaban J connectivity index is 2.33. The summed E-state index contributed by atoms with van der Waals surface area (Å²) in [5.74, 6) is 0.351. The van der Waals surface area contributed by atoms with Gasteiger partial charge in [0.15, 0.2) is 9.84 Å². The lowest BCUT2D eigenvalue weighted by atomic mass is 10.3. The van der Waals surface area contributed by atoms with Crippen molar-refractivity contribution in [3.05, 3.63) is 0 Å². The molecule has 0 aromatic carbocycles. The summed E-state index contributed by atoms with van der Waals surface area (Å²) in [5, 5.41) is 0. The van der Waals surface area contributed by atoms with Crippen LogP contribution in [0.1, 0.15) is 26.2 Å². The first-order chi connectivity index (χ1) is 6.49. The lowest BCUT2D eigenvalue weighted by Gasteiger charge is -2.10. The molecule has 1 heterocycles. The zero-order chi connectivity index (χ0) is 10.6. The topological polar surface area (TPSA) is 69.4 Å². The second kappa shape index (κ2) is 5.09. The van der Waals surface area contributed by atoms with Crippen molar-refractivity contribution in [3.8, 4) is 0 Å². The highest BCUT2D eigenvalue weighted by atomic mass is 32.2. The molecule has 1 saturated heterocycles. The quantitative estimate of drug-likeness (QED) is 0.725. The highest BCUT2D eigenvalue weighted by molar-refractivity contribution is 7.91. The Bertz CT molecular complexity index is 255. The normalized spacial score (nSPS) is 25.1. The molecule has 1 rings (SSSR count). The Morgan fingerprint density at radius 2 is 2.29 bits per heavy atom. The van der Waals surface area contributed by atoms with E-state index in [2.05, 4.69) is 0 Å². The van der Waals surface area contributed by atoms with Gasteiger partial charge in [0.25, 0.3) is 0 Å². The maximum Gasteiger partial charge on any atom is 0.152 e. The van der Waals surface area contributed by atoms with E-state index in [0.29, 0.717) is 13.0 Å². The lowest BCUT2D eigenvalue weighted by Crippen LogP contribution is -2.26. The summed E-state index contributed by atoms with van der Waals surface area (Å²) in [7, 11) is -2.97. The minimum Gasteiger partial charge on any atom is -0.377 e. The van der Waals surface area contributed by atoms with Gasteiger partial charge in [0.2, 0.25) is 0 Å². The second-order valence-electron chi connectivity index (χ2n) is 4.02. The number of nitrogens with two attached hydrogens (primary N) is 1. The van der Waals surface area contributed by atoms with Gasteiger partial charge in [-0.3, -0.25) is 0 Å². The first-order valence-electron chi connectivity index (χ1n) is 5.07. The fourth-order valence-electron chi connectivity index (χ4n) is 1.51. The van der Waals surface area contributed by atoms with Crippen LogP contribution in [0, 0.1) is 0 Å². The molecule has 0 saturated carbocycles. The van der Waals surface area contributed by atoms with Crippen molar-refractivity contribution in [1.29, 1.82) is 0 Å². The van der Waals surface area contributed by atoms with E-state index in [1.165, 1.54) is 0 Å². The third-order valence-corrected chi connectivity index (χ3v) is 4.09. The molecule has 0 aromatic heterocycles. The van der Waals surface area contributed by atoms with Crippen molar-refractivity contribution in [2.24, 2.45) is 5.73 Å². The van der Waals surface area contributed by atoms with Gasteiger partial charge in [-0.1, -0.05) is 0 Å². The molecule has 0 bridgehead atoms. The minimum atomic E-state index is -2.97. The number of ether oxygens (including phenoxy) is 1. The lowest BCUT2D eigenvalue weighted by molar-refractivity contribution is 0.127. The van der Waals surface area contributed by atoms with Gasteiger partial charge in [0.1, 0.15) is 0 Å². The Morgan fingerprint density at radius 3 is 2.79 bits per heavy atom. The van der Waals surface area contributed by atoms with E-state index in [-0.39, 0.29) is 23.7 Å². The van der Waals surface area contributed by atoms with Gasteiger partial charge in [-0.05, 0) is 26.2 Å². The van der Waals surface area contributed by atoms with Gasteiger partial charge in [0.05, 0.1) is 17.6 Å². The number of hydrogen-bond donors (Lipinski definition) is 1. The van der Waals surface area contributed by atoms with E-state index in [1.807, 2.05) is 6.92 Å².